The highest BCUT2D eigenvalue weighted by Crippen LogP contribution is 2.22. The first-order valence-electron chi connectivity index (χ1n) is 5.56. The molecule has 0 saturated carbocycles. The number of carbonyl (C=O) groups is 1. The Kier molecular flexibility index (Phi) is 3.51. The van der Waals surface area contributed by atoms with Crippen LogP contribution in [0.4, 0.5) is 17.1 Å². The van der Waals surface area contributed by atoms with E-state index in [9.17, 15) is 4.79 Å². The molecule has 96 valence electrons. The zero-order chi connectivity index (χ0) is 13.8. The van der Waals surface area contributed by atoms with Crippen molar-refractivity contribution < 1.29 is 14.5 Å². The van der Waals surface area contributed by atoms with Gasteiger partial charge in [0.2, 0.25) is 0 Å². The van der Waals surface area contributed by atoms with Crippen LogP contribution in [0.25, 0.3) is 0 Å². The number of azo groups is 1. The van der Waals surface area contributed by atoms with Gasteiger partial charge in [-0.05, 0) is 18.2 Å². The van der Waals surface area contributed by atoms with Crippen LogP contribution in [0, 0.1) is 0 Å². The van der Waals surface area contributed by atoms with Crippen molar-refractivity contribution in [2.24, 2.45) is 17.3 Å². The van der Waals surface area contributed by atoms with Crippen molar-refractivity contribution >= 4 is 23.0 Å². The van der Waals surface area contributed by atoms with Crippen LogP contribution >= 0.6 is 0 Å². The molecule has 3 N–H and O–H groups in total. The molecule has 0 bridgehead atoms. The molecule has 1 aromatic carbocycles. The zero-order valence-corrected chi connectivity index (χ0v) is 10.3. The molecule has 2 aromatic rings. The third-order valence-corrected chi connectivity index (χ3v) is 2.51. The standard InChI is InChI=1S/C13H12N4O2/c1-17-6-4-9(5-7-17)15-16-10-2-3-12(14)11(8-10)13(18)19/h2-8,14H,1H3,(H,18,19)/p+1. The van der Waals surface area contributed by atoms with E-state index in [4.69, 9.17) is 10.8 Å². The summed E-state index contributed by atoms with van der Waals surface area (Å²) in [4.78, 5) is 10.9. The number of nitrogen functional groups attached to an aromatic ring is 1. The highest BCUT2D eigenvalue weighted by molar-refractivity contribution is 5.94. The van der Waals surface area contributed by atoms with Gasteiger partial charge in [0, 0.05) is 17.8 Å². The molecule has 6 nitrogen and oxygen atoms in total. The van der Waals surface area contributed by atoms with Crippen LogP contribution in [0.3, 0.4) is 0 Å². The molecule has 0 aliphatic carbocycles. The van der Waals surface area contributed by atoms with Crippen molar-refractivity contribution in [1.82, 2.24) is 0 Å². The van der Waals surface area contributed by atoms with Gasteiger partial charge in [-0.15, -0.1) is 0 Å². The maximum Gasteiger partial charge on any atom is 0.337 e. The Morgan fingerprint density at radius 2 is 1.79 bits per heavy atom. The van der Waals surface area contributed by atoms with E-state index < -0.39 is 5.97 Å². The molecule has 0 atom stereocenters. The van der Waals surface area contributed by atoms with Crippen LogP contribution in [-0.4, -0.2) is 11.1 Å². The Hall–Kier alpha value is -2.76. The third-order valence-electron chi connectivity index (χ3n) is 2.51. The number of pyridine rings is 1. The summed E-state index contributed by atoms with van der Waals surface area (Å²) in [6.07, 6.45) is 3.69. The normalized spacial score (nSPS) is 10.8. The first kappa shape index (κ1) is 12.7. The lowest BCUT2D eigenvalue weighted by molar-refractivity contribution is -0.671. The summed E-state index contributed by atoms with van der Waals surface area (Å²) in [5.74, 6) is -1.08. The number of hydrogen-bond donors (Lipinski definition) is 2. The average molecular weight is 257 g/mol. The van der Waals surface area contributed by atoms with Gasteiger partial charge in [0.15, 0.2) is 12.4 Å². The fourth-order valence-corrected chi connectivity index (χ4v) is 1.47. The van der Waals surface area contributed by atoms with E-state index >= 15 is 0 Å². The number of anilines is 1. The highest BCUT2D eigenvalue weighted by atomic mass is 16.4. The first-order valence-corrected chi connectivity index (χ1v) is 5.56. The number of nitrogens with zero attached hydrogens (tertiary/aromatic N) is 3. The minimum Gasteiger partial charge on any atom is -0.478 e. The quantitative estimate of drug-likeness (QED) is 0.501. The van der Waals surface area contributed by atoms with Gasteiger partial charge in [0.05, 0.1) is 16.9 Å². The van der Waals surface area contributed by atoms with Gasteiger partial charge >= 0.3 is 5.97 Å². The molecule has 0 fully saturated rings. The molecule has 2 rings (SSSR count). The molecular weight excluding hydrogens is 244 g/mol. The maximum atomic E-state index is 10.9. The largest absolute Gasteiger partial charge is 0.478 e. The van der Waals surface area contributed by atoms with E-state index in [2.05, 4.69) is 10.2 Å². The van der Waals surface area contributed by atoms with Crippen LogP contribution in [0.5, 0.6) is 0 Å². The SMILES string of the molecule is C[n+]1ccc(N=Nc2ccc(N)c(C(=O)O)c2)cc1. The Balaban J connectivity index is 2.26. The molecule has 0 radical (unpaired) electrons. The number of rotatable bonds is 3. The second kappa shape index (κ2) is 5.26. The number of nitrogens with two attached hydrogens (primary N) is 1. The third kappa shape index (κ3) is 3.12. The smallest absolute Gasteiger partial charge is 0.337 e. The molecule has 0 aliphatic rings. The first-order chi connectivity index (χ1) is 9.06. The van der Waals surface area contributed by atoms with Crippen molar-refractivity contribution in [3.05, 3.63) is 48.3 Å². The Morgan fingerprint density at radius 3 is 2.42 bits per heavy atom. The summed E-state index contributed by atoms with van der Waals surface area (Å²) in [6, 6.07) is 8.12. The van der Waals surface area contributed by atoms with Gasteiger partial charge in [0.25, 0.3) is 0 Å². The van der Waals surface area contributed by atoms with E-state index in [-0.39, 0.29) is 11.3 Å². The molecule has 0 saturated heterocycles. The second-order valence-electron chi connectivity index (χ2n) is 4.00. The molecule has 0 aliphatic heterocycles. The minimum absolute atomic E-state index is 0.0240. The van der Waals surface area contributed by atoms with Gasteiger partial charge < -0.3 is 10.8 Å². The summed E-state index contributed by atoms with van der Waals surface area (Å²) in [6.45, 7) is 0. The zero-order valence-electron chi connectivity index (χ0n) is 10.3. The molecule has 0 unspecified atom stereocenters. The molecule has 6 heteroatoms. The van der Waals surface area contributed by atoms with Gasteiger partial charge in [-0.3, -0.25) is 0 Å². The monoisotopic (exact) mass is 257 g/mol. The van der Waals surface area contributed by atoms with Crippen molar-refractivity contribution in [3.63, 3.8) is 0 Å². The number of benzene rings is 1. The molecule has 1 heterocycles. The molecular formula is C13H13N4O2+. The average Bonchev–Trinajstić information content (AvgIpc) is 2.39. The summed E-state index contributed by atoms with van der Waals surface area (Å²) in [5.41, 5.74) is 6.92. The van der Waals surface area contributed by atoms with Gasteiger partial charge in [-0.25, -0.2) is 9.36 Å². The predicted molar refractivity (Wildman–Crippen MR) is 69.6 cm³/mol. The summed E-state index contributed by atoms with van der Waals surface area (Å²) >= 11 is 0. The number of carboxylic acids is 1. The number of carboxylic acid groups (broad SMARTS) is 1. The van der Waals surface area contributed by atoms with Gasteiger partial charge in [-0.2, -0.15) is 10.2 Å². The van der Waals surface area contributed by atoms with Gasteiger partial charge in [0.1, 0.15) is 7.05 Å². The Bertz CT molecular complexity index is 636. The van der Waals surface area contributed by atoms with Crippen LogP contribution < -0.4 is 10.3 Å². The topological polar surface area (TPSA) is 91.9 Å². The molecule has 0 amide bonds. The van der Waals surface area contributed by atoms with Crippen molar-refractivity contribution in [2.75, 3.05) is 5.73 Å². The number of aryl methyl sites for hydroxylation is 1. The predicted octanol–water partition coefficient (Wildman–Crippen LogP) is 2.21. The fraction of sp³-hybridized carbons (Fsp3) is 0.0769. The fourth-order valence-electron chi connectivity index (χ4n) is 1.47. The number of hydrogen-bond acceptors (Lipinski definition) is 4. The van der Waals surface area contributed by atoms with Crippen LogP contribution in [0.1, 0.15) is 10.4 Å². The van der Waals surface area contributed by atoms with Crippen molar-refractivity contribution in [3.8, 4) is 0 Å². The van der Waals surface area contributed by atoms with E-state index in [1.165, 1.54) is 12.1 Å². The van der Waals surface area contributed by atoms with E-state index in [0.29, 0.717) is 11.4 Å². The van der Waals surface area contributed by atoms with Crippen molar-refractivity contribution in [1.29, 1.82) is 0 Å². The van der Waals surface area contributed by atoms with E-state index in [0.717, 1.165) is 0 Å². The number of aromatic carboxylic acids is 1. The van der Waals surface area contributed by atoms with E-state index in [1.54, 1.807) is 18.2 Å². The summed E-state index contributed by atoms with van der Waals surface area (Å²) in [5, 5.41) is 17.0. The van der Waals surface area contributed by atoms with Crippen LogP contribution in [0.2, 0.25) is 0 Å². The summed E-state index contributed by atoms with van der Waals surface area (Å²) < 4.78 is 1.88. The lowest BCUT2D eigenvalue weighted by Crippen LogP contribution is -2.25. The summed E-state index contributed by atoms with van der Waals surface area (Å²) in [7, 11) is 1.90. The lowest BCUT2D eigenvalue weighted by atomic mass is 10.1. The van der Waals surface area contributed by atoms with Crippen molar-refractivity contribution in [2.45, 2.75) is 0 Å². The van der Waals surface area contributed by atoms with Crippen LogP contribution in [0.15, 0.2) is 53.0 Å². The van der Waals surface area contributed by atoms with E-state index in [1.807, 2.05) is 24.0 Å². The Morgan fingerprint density at radius 1 is 1.16 bits per heavy atom. The maximum absolute atomic E-state index is 10.9. The Labute approximate surface area is 109 Å². The van der Waals surface area contributed by atoms with Crippen LogP contribution in [-0.2, 0) is 7.05 Å². The second-order valence-corrected chi connectivity index (χ2v) is 4.00. The highest BCUT2D eigenvalue weighted by Gasteiger charge is 2.08. The molecule has 19 heavy (non-hydrogen) atoms. The van der Waals surface area contributed by atoms with Gasteiger partial charge in [-0.1, -0.05) is 0 Å². The molecule has 1 aromatic heterocycles. The minimum atomic E-state index is -1.08. The molecule has 0 spiro atoms. The lowest BCUT2D eigenvalue weighted by Gasteiger charge is -2.00. The number of aromatic nitrogens is 1.